The van der Waals surface area contributed by atoms with Gasteiger partial charge in [-0.15, -0.1) is 11.3 Å². The van der Waals surface area contributed by atoms with Crippen molar-refractivity contribution in [2.75, 3.05) is 0 Å². The summed E-state index contributed by atoms with van der Waals surface area (Å²) >= 11 is 1.75. The van der Waals surface area contributed by atoms with Crippen LogP contribution in [0.5, 0.6) is 0 Å². The maximum Gasteiger partial charge on any atom is 0.125 e. The quantitative estimate of drug-likeness (QED) is 0.792. The van der Waals surface area contributed by atoms with Gasteiger partial charge in [0, 0.05) is 29.3 Å². The highest BCUT2D eigenvalue weighted by Crippen LogP contribution is 2.36. The number of rotatable bonds is 2. The van der Waals surface area contributed by atoms with Crippen molar-refractivity contribution in [1.29, 1.82) is 0 Å². The van der Waals surface area contributed by atoms with Gasteiger partial charge in [0.2, 0.25) is 0 Å². The first-order chi connectivity index (χ1) is 8.34. The Morgan fingerprint density at radius 1 is 1.29 bits per heavy atom. The minimum absolute atomic E-state index is 0.706. The Kier molecular flexibility index (Phi) is 2.93. The summed E-state index contributed by atoms with van der Waals surface area (Å²) in [4.78, 5) is 9.00. The number of pyridine rings is 1. The molecule has 1 aliphatic carbocycles. The molecule has 0 spiro atoms. The van der Waals surface area contributed by atoms with E-state index in [9.17, 15) is 0 Å². The van der Waals surface area contributed by atoms with Crippen LogP contribution in [0, 0.1) is 6.92 Å². The van der Waals surface area contributed by atoms with E-state index in [1.54, 1.807) is 11.3 Å². The lowest BCUT2D eigenvalue weighted by Gasteiger charge is -2.04. The monoisotopic (exact) mass is 244 g/mol. The van der Waals surface area contributed by atoms with E-state index < -0.39 is 0 Å². The molecule has 88 valence electrons. The lowest BCUT2D eigenvalue weighted by Crippen LogP contribution is -1.92. The molecule has 2 heterocycles. The molecule has 1 aliphatic rings. The van der Waals surface area contributed by atoms with Gasteiger partial charge in [-0.3, -0.25) is 4.98 Å². The van der Waals surface area contributed by atoms with Gasteiger partial charge in [0.25, 0.3) is 0 Å². The summed E-state index contributed by atoms with van der Waals surface area (Å²) in [6.07, 6.45) is 9.12. The normalized spacial score (nSPS) is 16.5. The molecule has 0 aliphatic heterocycles. The van der Waals surface area contributed by atoms with E-state index in [1.807, 2.05) is 18.5 Å². The first-order valence-corrected chi connectivity index (χ1v) is 7.09. The van der Waals surface area contributed by atoms with Crippen molar-refractivity contribution in [3.05, 3.63) is 35.1 Å². The highest BCUT2D eigenvalue weighted by atomic mass is 32.1. The third kappa shape index (κ3) is 2.12. The Bertz CT molecular complexity index is 512. The van der Waals surface area contributed by atoms with Crippen LogP contribution >= 0.6 is 11.3 Å². The molecule has 0 atom stereocenters. The Labute approximate surface area is 106 Å². The van der Waals surface area contributed by atoms with Gasteiger partial charge >= 0.3 is 0 Å². The summed E-state index contributed by atoms with van der Waals surface area (Å²) in [6.45, 7) is 2.12. The van der Waals surface area contributed by atoms with Crippen LogP contribution in [-0.2, 0) is 0 Å². The Morgan fingerprint density at radius 3 is 2.88 bits per heavy atom. The van der Waals surface area contributed by atoms with Crippen LogP contribution in [0.2, 0.25) is 0 Å². The molecule has 2 aromatic rings. The fourth-order valence-electron chi connectivity index (χ4n) is 2.51. The molecule has 1 fully saturated rings. The van der Waals surface area contributed by atoms with E-state index in [0.717, 1.165) is 5.01 Å². The average molecular weight is 244 g/mol. The standard InChI is InChI=1S/C14H16N2S/c1-10-6-7-15-8-12(10)14-16-13(9-17-14)11-4-2-3-5-11/h6-9,11H,2-5H2,1H3. The van der Waals surface area contributed by atoms with Crippen molar-refractivity contribution in [2.45, 2.75) is 38.5 Å². The van der Waals surface area contributed by atoms with E-state index >= 15 is 0 Å². The molecule has 2 aromatic heterocycles. The Balaban J connectivity index is 1.92. The molecule has 0 radical (unpaired) electrons. The van der Waals surface area contributed by atoms with E-state index in [1.165, 1.54) is 42.5 Å². The molecule has 0 N–H and O–H groups in total. The number of thiazole rings is 1. The van der Waals surface area contributed by atoms with E-state index in [0.29, 0.717) is 5.92 Å². The van der Waals surface area contributed by atoms with E-state index in [2.05, 4.69) is 17.3 Å². The number of hydrogen-bond acceptors (Lipinski definition) is 3. The minimum atomic E-state index is 0.706. The average Bonchev–Trinajstić information content (AvgIpc) is 3.00. The summed E-state index contributed by atoms with van der Waals surface area (Å²) in [7, 11) is 0. The first-order valence-electron chi connectivity index (χ1n) is 6.21. The second-order valence-corrected chi connectivity index (χ2v) is 5.61. The molecular formula is C14H16N2S. The fourth-order valence-corrected chi connectivity index (χ4v) is 3.48. The molecule has 3 heteroatoms. The first kappa shape index (κ1) is 10.9. The van der Waals surface area contributed by atoms with Gasteiger partial charge in [-0.2, -0.15) is 0 Å². The maximum absolute atomic E-state index is 4.80. The third-order valence-corrected chi connectivity index (χ3v) is 4.46. The molecular weight excluding hydrogens is 228 g/mol. The van der Waals surface area contributed by atoms with Gasteiger partial charge in [-0.25, -0.2) is 4.98 Å². The van der Waals surface area contributed by atoms with Crippen molar-refractivity contribution in [1.82, 2.24) is 9.97 Å². The smallest absolute Gasteiger partial charge is 0.125 e. The van der Waals surface area contributed by atoms with Crippen molar-refractivity contribution >= 4 is 11.3 Å². The van der Waals surface area contributed by atoms with Gasteiger partial charge in [0.1, 0.15) is 5.01 Å². The summed E-state index contributed by atoms with van der Waals surface area (Å²) in [5, 5.41) is 3.36. The van der Waals surface area contributed by atoms with Gasteiger partial charge in [0.15, 0.2) is 0 Å². The SMILES string of the molecule is Cc1ccncc1-c1nc(C2CCCC2)cs1. The van der Waals surface area contributed by atoms with Gasteiger partial charge < -0.3 is 0 Å². The van der Waals surface area contributed by atoms with Crippen LogP contribution in [0.25, 0.3) is 10.6 Å². The van der Waals surface area contributed by atoms with Crippen molar-refractivity contribution in [3.8, 4) is 10.6 Å². The van der Waals surface area contributed by atoms with Gasteiger partial charge in [0.05, 0.1) is 5.69 Å². The summed E-state index contributed by atoms with van der Waals surface area (Å²) in [5.74, 6) is 0.706. The molecule has 2 nitrogen and oxygen atoms in total. The second-order valence-electron chi connectivity index (χ2n) is 4.75. The molecule has 17 heavy (non-hydrogen) atoms. The highest BCUT2D eigenvalue weighted by molar-refractivity contribution is 7.13. The second kappa shape index (κ2) is 4.57. The highest BCUT2D eigenvalue weighted by Gasteiger charge is 2.20. The largest absolute Gasteiger partial charge is 0.264 e. The molecule has 0 aromatic carbocycles. The predicted molar refractivity (Wildman–Crippen MR) is 71.3 cm³/mol. The lowest BCUT2D eigenvalue weighted by atomic mass is 10.1. The van der Waals surface area contributed by atoms with Crippen LogP contribution in [0.3, 0.4) is 0 Å². The van der Waals surface area contributed by atoms with Crippen LogP contribution < -0.4 is 0 Å². The minimum Gasteiger partial charge on any atom is -0.264 e. The van der Waals surface area contributed by atoms with Crippen LogP contribution in [0.15, 0.2) is 23.8 Å². The zero-order valence-electron chi connectivity index (χ0n) is 10.0. The molecule has 0 amide bonds. The molecule has 0 saturated heterocycles. The summed E-state index contributed by atoms with van der Waals surface area (Å²) in [6, 6.07) is 2.05. The van der Waals surface area contributed by atoms with E-state index in [-0.39, 0.29) is 0 Å². The van der Waals surface area contributed by atoms with Gasteiger partial charge in [-0.1, -0.05) is 12.8 Å². The molecule has 0 unspecified atom stereocenters. The number of hydrogen-bond donors (Lipinski definition) is 0. The van der Waals surface area contributed by atoms with Crippen molar-refractivity contribution in [3.63, 3.8) is 0 Å². The van der Waals surface area contributed by atoms with E-state index in [4.69, 9.17) is 4.98 Å². The van der Waals surface area contributed by atoms with Crippen LogP contribution in [0.4, 0.5) is 0 Å². The fraction of sp³-hybridized carbons (Fsp3) is 0.429. The Morgan fingerprint density at radius 2 is 2.12 bits per heavy atom. The Hall–Kier alpha value is -1.22. The lowest BCUT2D eigenvalue weighted by molar-refractivity contribution is 0.703. The van der Waals surface area contributed by atoms with Crippen molar-refractivity contribution in [2.24, 2.45) is 0 Å². The molecule has 3 rings (SSSR count). The number of nitrogens with zero attached hydrogens (tertiary/aromatic N) is 2. The topological polar surface area (TPSA) is 25.8 Å². The van der Waals surface area contributed by atoms with Gasteiger partial charge in [-0.05, 0) is 31.4 Å². The number of aromatic nitrogens is 2. The third-order valence-electron chi connectivity index (χ3n) is 3.56. The number of aryl methyl sites for hydroxylation is 1. The van der Waals surface area contributed by atoms with Crippen LogP contribution in [-0.4, -0.2) is 9.97 Å². The predicted octanol–water partition coefficient (Wildman–Crippen LogP) is 4.17. The van der Waals surface area contributed by atoms with Crippen molar-refractivity contribution < 1.29 is 0 Å². The zero-order valence-corrected chi connectivity index (χ0v) is 10.8. The molecule has 1 saturated carbocycles. The zero-order chi connectivity index (χ0) is 11.7. The summed E-state index contributed by atoms with van der Waals surface area (Å²) in [5.41, 5.74) is 3.74. The molecule has 0 bridgehead atoms. The van der Waals surface area contributed by atoms with Crippen LogP contribution in [0.1, 0.15) is 42.9 Å². The maximum atomic E-state index is 4.80. The summed E-state index contributed by atoms with van der Waals surface area (Å²) < 4.78 is 0.